The Morgan fingerprint density at radius 3 is 2.76 bits per heavy atom. The van der Waals surface area contributed by atoms with Crippen molar-refractivity contribution in [1.29, 1.82) is 0 Å². The van der Waals surface area contributed by atoms with Gasteiger partial charge in [0.25, 0.3) is 5.56 Å². The molecule has 8 heteroatoms. The van der Waals surface area contributed by atoms with E-state index in [0.717, 1.165) is 17.7 Å². The lowest BCUT2D eigenvalue weighted by atomic mass is 9.52. The van der Waals surface area contributed by atoms with Crippen molar-refractivity contribution >= 4 is 11.2 Å². The summed E-state index contributed by atoms with van der Waals surface area (Å²) in [6.45, 7) is 1.26. The first kappa shape index (κ1) is 21.9. The van der Waals surface area contributed by atoms with Crippen molar-refractivity contribution in [3.8, 4) is 5.75 Å². The first-order valence-corrected chi connectivity index (χ1v) is 11.8. The number of H-pyrrole nitrogens is 1. The molecule has 1 aliphatic heterocycles. The molecule has 8 nitrogen and oxygen atoms in total. The highest BCUT2D eigenvalue weighted by molar-refractivity contribution is 5.69. The monoisotopic (exact) mass is 451 g/mol. The molecule has 1 N–H and O–H groups in total. The smallest absolute Gasteiger partial charge is 0.329 e. The number of nitrogens with one attached hydrogen (secondary N) is 1. The molecule has 0 spiro atoms. The van der Waals surface area contributed by atoms with Gasteiger partial charge >= 0.3 is 5.69 Å². The quantitative estimate of drug-likeness (QED) is 0.614. The predicted octanol–water partition coefficient (Wildman–Crippen LogP) is 2.34. The van der Waals surface area contributed by atoms with Gasteiger partial charge in [0.15, 0.2) is 11.2 Å². The van der Waals surface area contributed by atoms with Crippen molar-refractivity contribution in [1.82, 2.24) is 24.0 Å². The summed E-state index contributed by atoms with van der Waals surface area (Å²) in [6, 6.07) is 7.60. The molecule has 176 valence electrons. The molecule has 0 unspecified atom stereocenters. The van der Waals surface area contributed by atoms with E-state index in [1.165, 1.54) is 56.0 Å². The van der Waals surface area contributed by atoms with Gasteiger partial charge in [-0.25, -0.2) is 9.78 Å². The summed E-state index contributed by atoms with van der Waals surface area (Å²) >= 11 is 0. The van der Waals surface area contributed by atoms with Crippen LogP contribution in [0.5, 0.6) is 5.75 Å². The number of rotatable bonds is 1. The molecule has 0 amide bonds. The van der Waals surface area contributed by atoms with Gasteiger partial charge in [-0.15, -0.1) is 0 Å². The minimum Gasteiger partial charge on any atom is -0.497 e. The zero-order valence-electron chi connectivity index (χ0n) is 19.9. The number of nitrogens with zero attached hydrogens (tertiary/aromatic N) is 4. The summed E-state index contributed by atoms with van der Waals surface area (Å²) < 4.78 is 8.38. The minimum atomic E-state index is -0.448. The van der Waals surface area contributed by atoms with Crippen LogP contribution in [0.15, 0.2) is 34.1 Å². The number of likely N-dealkylation sites (tertiary alicyclic amines) is 1. The molecule has 3 heterocycles. The zero-order chi connectivity index (χ0) is 23.3. The topological polar surface area (TPSA) is 85.2 Å². The largest absolute Gasteiger partial charge is 0.497 e. The number of fused-ring (bicyclic) bond motifs is 2. The first-order chi connectivity index (χ1) is 15.9. The van der Waals surface area contributed by atoms with Crippen LogP contribution in [0.2, 0.25) is 0 Å². The number of benzene rings is 1. The van der Waals surface area contributed by atoms with E-state index < -0.39 is 11.2 Å². The zero-order valence-corrected chi connectivity index (χ0v) is 19.9. The Morgan fingerprint density at radius 1 is 1.15 bits per heavy atom. The molecule has 0 radical (unpaired) electrons. The molecule has 6 rings (SSSR count). The number of aromatic amines is 1. The Hall–Kier alpha value is -2.87. The molecule has 2 bridgehead atoms. The fraction of sp³-hybridized carbons (Fsp3) is 0.560. The Morgan fingerprint density at radius 2 is 1.97 bits per heavy atom. The van der Waals surface area contributed by atoms with Gasteiger partial charge in [0.2, 0.25) is 0 Å². The van der Waals surface area contributed by atoms with E-state index in [1.54, 1.807) is 36.9 Å². The molecule has 33 heavy (non-hydrogen) atoms. The number of aromatic nitrogens is 4. The maximum Gasteiger partial charge on any atom is 0.329 e. The average Bonchev–Trinajstić information content (AvgIpc) is 3.22. The van der Waals surface area contributed by atoms with Crippen molar-refractivity contribution in [2.45, 2.75) is 50.0 Å². The Bertz CT molecular complexity index is 1310. The molecule has 3 aliphatic rings. The third-order valence-corrected chi connectivity index (χ3v) is 8.30. The second-order valence-corrected chi connectivity index (χ2v) is 9.88. The van der Waals surface area contributed by atoms with Crippen LogP contribution < -0.4 is 16.0 Å². The summed E-state index contributed by atoms with van der Waals surface area (Å²) in [7, 11) is 7.39. The van der Waals surface area contributed by atoms with Gasteiger partial charge in [0.05, 0.1) is 13.4 Å². The molecule has 3 atom stereocenters. The third-order valence-electron chi connectivity index (χ3n) is 8.30. The maximum atomic E-state index is 11.3. The fourth-order valence-electron chi connectivity index (χ4n) is 6.56. The highest BCUT2D eigenvalue weighted by Gasteiger charge is 2.53. The van der Waals surface area contributed by atoms with Crippen LogP contribution >= 0.6 is 0 Å². The van der Waals surface area contributed by atoms with Crippen LogP contribution in [-0.2, 0) is 25.9 Å². The molecule has 3 aromatic rings. The van der Waals surface area contributed by atoms with Crippen LogP contribution in [0.4, 0.5) is 0 Å². The van der Waals surface area contributed by atoms with E-state index in [2.05, 4.69) is 40.1 Å². The number of aryl methyl sites for hydroxylation is 2. The molecular formula is C25H33N5O3. The molecule has 1 aromatic carbocycles. The third kappa shape index (κ3) is 3.42. The second kappa shape index (κ2) is 8.17. The van der Waals surface area contributed by atoms with E-state index >= 15 is 0 Å². The number of ether oxygens (including phenoxy) is 1. The maximum absolute atomic E-state index is 11.3. The van der Waals surface area contributed by atoms with Gasteiger partial charge in [0, 0.05) is 25.6 Å². The summed E-state index contributed by atoms with van der Waals surface area (Å²) in [4.78, 5) is 31.2. The van der Waals surface area contributed by atoms with Gasteiger partial charge in [-0.3, -0.25) is 14.3 Å². The van der Waals surface area contributed by atoms with Crippen LogP contribution in [0, 0.1) is 5.92 Å². The van der Waals surface area contributed by atoms with Crippen molar-refractivity contribution in [3.05, 3.63) is 56.5 Å². The number of imidazole rings is 1. The molecule has 2 fully saturated rings. The van der Waals surface area contributed by atoms with E-state index in [0.29, 0.717) is 16.6 Å². The van der Waals surface area contributed by atoms with Gasteiger partial charge < -0.3 is 14.2 Å². The molecule has 2 aliphatic carbocycles. The van der Waals surface area contributed by atoms with E-state index in [4.69, 9.17) is 4.74 Å². The predicted molar refractivity (Wildman–Crippen MR) is 128 cm³/mol. The van der Waals surface area contributed by atoms with Crippen LogP contribution in [0.25, 0.3) is 11.2 Å². The highest BCUT2D eigenvalue weighted by atomic mass is 16.5. The number of likely N-dealkylation sites (N-methyl/N-ethyl adjacent to an activating group) is 1. The fourth-order valence-corrected chi connectivity index (χ4v) is 6.56. The highest BCUT2D eigenvalue weighted by Crippen LogP contribution is 2.55. The van der Waals surface area contributed by atoms with E-state index in [-0.39, 0.29) is 0 Å². The Balaban J connectivity index is 0.000000152. The molecule has 2 aromatic heterocycles. The average molecular weight is 452 g/mol. The number of hydrogen-bond donors (Lipinski definition) is 1. The first-order valence-electron chi connectivity index (χ1n) is 11.8. The van der Waals surface area contributed by atoms with Crippen molar-refractivity contribution in [3.63, 3.8) is 0 Å². The van der Waals surface area contributed by atoms with Crippen LogP contribution in [-0.4, -0.2) is 50.7 Å². The van der Waals surface area contributed by atoms with E-state index in [1.807, 2.05) is 0 Å². The van der Waals surface area contributed by atoms with E-state index in [9.17, 15) is 9.59 Å². The standard InChI is InChI=1S/C18H25NO.C7H8N4O2/c1-19-10-9-18-8-4-3-5-15(18)17(19)11-13-6-7-14(20-2)12-16(13)18;1-10-3-8-5-4(10)6(12)9-7(13)11(5)2/h6-7,12,15,17H,3-5,8-11H2,1-2H3;3H,1-2H3,(H,9,12,13)/t15-,17+,18+;/m1./s1. The number of piperidine rings is 1. The lowest BCUT2D eigenvalue weighted by molar-refractivity contribution is 0.00274. The second-order valence-electron chi connectivity index (χ2n) is 9.88. The summed E-state index contributed by atoms with van der Waals surface area (Å²) in [5.74, 6) is 1.91. The summed E-state index contributed by atoms with van der Waals surface area (Å²) in [5.41, 5.74) is 3.62. The lowest BCUT2D eigenvalue weighted by Gasteiger charge is -2.58. The Kier molecular flexibility index (Phi) is 5.43. The molecule has 1 saturated heterocycles. The summed E-state index contributed by atoms with van der Waals surface area (Å²) in [5, 5.41) is 0. The molecule has 1 saturated carbocycles. The van der Waals surface area contributed by atoms with Gasteiger partial charge in [-0.1, -0.05) is 18.9 Å². The minimum absolute atomic E-state index is 0.399. The number of hydrogen-bond acceptors (Lipinski definition) is 5. The number of methoxy groups -OCH3 is 1. The van der Waals surface area contributed by atoms with Crippen molar-refractivity contribution in [2.24, 2.45) is 20.0 Å². The van der Waals surface area contributed by atoms with Crippen molar-refractivity contribution in [2.75, 3.05) is 20.7 Å². The van der Waals surface area contributed by atoms with Gasteiger partial charge in [-0.2, -0.15) is 0 Å². The lowest BCUT2D eigenvalue weighted by Crippen LogP contribution is -2.59. The summed E-state index contributed by atoms with van der Waals surface area (Å²) in [6.07, 6.45) is 9.72. The Labute approximate surface area is 193 Å². The van der Waals surface area contributed by atoms with Gasteiger partial charge in [-0.05, 0) is 68.5 Å². The van der Waals surface area contributed by atoms with Crippen LogP contribution in [0.1, 0.15) is 43.2 Å². The molecular weight excluding hydrogens is 418 g/mol. The SMILES string of the molecule is COc1ccc2c(c1)[C@]13CCCC[C@@H]1[C@H](C2)N(C)CC3.Cn1cnc2c1c(=O)[nH]c(=O)n2C. The van der Waals surface area contributed by atoms with Crippen molar-refractivity contribution < 1.29 is 4.74 Å². The van der Waals surface area contributed by atoms with Crippen LogP contribution in [0.3, 0.4) is 0 Å². The normalized spacial score (nSPS) is 26.2. The van der Waals surface area contributed by atoms with Gasteiger partial charge in [0.1, 0.15) is 5.75 Å².